The minimum Gasteiger partial charge on any atom is -0.461 e. The van der Waals surface area contributed by atoms with Crippen LogP contribution in [0.15, 0.2) is 0 Å². The lowest BCUT2D eigenvalue weighted by Gasteiger charge is -2.35. The van der Waals surface area contributed by atoms with Crippen molar-refractivity contribution in [3.8, 4) is 0 Å². The SMILES string of the molecule is CCOC(=O)c1nc2sc3c(n2c1CN1CCN(C(=O)OC(C)(C)C)CC1)CCC(C(C)(C)C)C3. The van der Waals surface area contributed by atoms with Crippen molar-refractivity contribution >= 4 is 28.4 Å². The Labute approximate surface area is 212 Å². The van der Waals surface area contributed by atoms with Crippen LogP contribution >= 0.6 is 11.3 Å². The molecule has 2 aliphatic rings. The van der Waals surface area contributed by atoms with E-state index in [0.717, 1.165) is 29.9 Å². The number of aromatic nitrogens is 2. The summed E-state index contributed by atoms with van der Waals surface area (Å²) in [4.78, 5) is 36.4. The van der Waals surface area contributed by atoms with Crippen LogP contribution in [0, 0.1) is 11.3 Å². The summed E-state index contributed by atoms with van der Waals surface area (Å²) in [6.07, 6.45) is 2.94. The van der Waals surface area contributed by atoms with Crippen LogP contribution in [-0.4, -0.2) is 69.6 Å². The number of amides is 1. The molecule has 4 rings (SSSR count). The molecular weight excluding hydrogens is 464 g/mol. The first-order chi connectivity index (χ1) is 16.4. The van der Waals surface area contributed by atoms with Crippen molar-refractivity contribution in [1.82, 2.24) is 19.2 Å². The van der Waals surface area contributed by atoms with Gasteiger partial charge in [-0.1, -0.05) is 20.8 Å². The number of imidazole rings is 1. The molecule has 0 N–H and O–H groups in total. The molecule has 1 atom stereocenters. The molecule has 1 fully saturated rings. The molecule has 0 bridgehead atoms. The summed E-state index contributed by atoms with van der Waals surface area (Å²) in [5, 5.41) is 0. The van der Waals surface area contributed by atoms with Crippen molar-refractivity contribution in [2.24, 2.45) is 11.3 Å². The first-order valence-corrected chi connectivity index (χ1v) is 13.6. The number of piperazine rings is 1. The van der Waals surface area contributed by atoms with Gasteiger partial charge >= 0.3 is 12.1 Å². The minimum atomic E-state index is -0.504. The highest BCUT2D eigenvalue weighted by atomic mass is 32.1. The average Bonchev–Trinajstić information content (AvgIpc) is 3.28. The molecule has 1 aliphatic heterocycles. The molecule has 1 aliphatic carbocycles. The highest BCUT2D eigenvalue weighted by molar-refractivity contribution is 7.17. The summed E-state index contributed by atoms with van der Waals surface area (Å²) in [7, 11) is 0. The number of aryl methyl sites for hydroxylation is 1. The monoisotopic (exact) mass is 504 g/mol. The molecule has 0 spiro atoms. The van der Waals surface area contributed by atoms with Gasteiger partial charge in [-0.05, 0) is 58.3 Å². The van der Waals surface area contributed by atoms with Gasteiger partial charge in [-0.3, -0.25) is 9.30 Å². The van der Waals surface area contributed by atoms with E-state index in [0.29, 0.717) is 50.9 Å². The number of thiazole rings is 1. The van der Waals surface area contributed by atoms with Crippen LogP contribution in [0.4, 0.5) is 4.79 Å². The lowest BCUT2D eigenvalue weighted by molar-refractivity contribution is 0.0138. The molecule has 0 aromatic carbocycles. The number of hydrogen-bond donors (Lipinski definition) is 0. The van der Waals surface area contributed by atoms with E-state index >= 15 is 0 Å². The highest BCUT2D eigenvalue weighted by Gasteiger charge is 2.34. The van der Waals surface area contributed by atoms with Crippen molar-refractivity contribution < 1.29 is 19.1 Å². The molecule has 1 amide bonds. The largest absolute Gasteiger partial charge is 0.461 e. The van der Waals surface area contributed by atoms with Gasteiger partial charge in [0.2, 0.25) is 0 Å². The van der Waals surface area contributed by atoms with E-state index in [2.05, 4.69) is 30.1 Å². The number of nitrogens with zero attached hydrogens (tertiary/aromatic N) is 4. The normalized spacial score (nSPS) is 19.6. The quantitative estimate of drug-likeness (QED) is 0.558. The number of rotatable bonds is 4. The van der Waals surface area contributed by atoms with Gasteiger partial charge in [0.05, 0.1) is 12.3 Å². The Hall–Kier alpha value is -2.13. The summed E-state index contributed by atoms with van der Waals surface area (Å²) in [6, 6.07) is 0. The maximum absolute atomic E-state index is 12.8. The summed E-state index contributed by atoms with van der Waals surface area (Å²) >= 11 is 1.72. The summed E-state index contributed by atoms with van der Waals surface area (Å²) in [5.41, 5.74) is 2.41. The van der Waals surface area contributed by atoms with Gasteiger partial charge in [0, 0.05) is 43.3 Å². The van der Waals surface area contributed by atoms with E-state index in [1.807, 2.05) is 27.7 Å². The van der Waals surface area contributed by atoms with Crippen LogP contribution in [0.1, 0.15) is 81.6 Å². The smallest absolute Gasteiger partial charge is 0.410 e. The third-order valence-electron chi connectivity index (χ3n) is 7.00. The summed E-state index contributed by atoms with van der Waals surface area (Å²) < 4.78 is 13.1. The van der Waals surface area contributed by atoms with Crippen molar-refractivity contribution in [2.75, 3.05) is 32.8 Å². The van der Waals surface area contributed by atoms with E-state index in [4.69, 9.17) is 14.5 Å². The zero-order chi connectivity index (χ0) is 25.5. The van der Waals surface area contributed by atoms with Crippen LogP contribution in [0.3, 0.4) is 0 Å². The fraction of sp³-hybridized carbons (Fsp3) is 0.731. The lowest BCUT2D eigenvalue weighted by Crippen LogP contribution is -2.49. The van der Waals surface area contributed by atoms with Gasteiger partial charge in [-0.15, -0.1) is 11.3 Å². The van der Waals surface area contributed by atoms with E-state index in [-0.39, 0.29) is 17.5 Å². The van der Waals surface area contributed by atoms with Gasteiger partial charge in [-0.2, -0.15) is 0 Å². The lowest BCUT2D eigenvalue weighted by atomic mass is 9.73. The van der Waals surface area contributed by atoms with E-state index in [1.54, 1.807) is 16.2 Å². The number of fused-ring (bicyclic) bond motifs is 3. The van der Waals surface area contributed by atoms with E-state index in [1.165, 1.54) is 10.6 Å². The van der Waals surface area contributed by atoms with Crippen molar-refractivity contribution in [3.05, 3.63) is 22.0 Å². The Kier molecular flexibility index (Phi) is 7.21. The predicted octanol–water partition coefficient (Wildman–Crippen LogP) is 4.78. The van der Waals surface area contributed by atoms with Gasteiger partial charge in [0.1, 0.15) is 5.60 Å². The molecule has 1 unspecified atom stereocenters. The van der Waals surface area contributed by atoms with Crippen LogP contribution in [0.5, 0.6) is 0 Å². The Morgan fingerprint density at radius 3 is 2.37 bits per heavy atom. The van der Waals surface area contributed by atoms with Crippen LogP contribution in [-0.2, 0) is 28.9 Å². The van der Waals surface area contributed by atoms with Crippen LogP contribution in [0.25, 0.3) is 4.96 Å². The van der Waals surface area contributed by atoms with Crippen molar-refractivity contribution in [2.45, 2.75) is 79.9 Å². The molecular formula is C26H40N4O4S. The second kappa shape index (κ2) is 9.73. The number of esters is 1. The molecule has 2 aromatic rings. The van der Waals surface area contributed by atoms with Crippen LogP contribution < -0.4 is 0 Å². The van der Waals surface area contributed by atoms with Gasteiger partial charge in [0.25, 0.3) is 0 Å². The maximum Gasteiger partial charge on any atom is 0.410 e. The fourth-order valence-electron chi connectivity index (χ4n) is 4.99. The van der Waals surface area contributed by atoms with Gasteiger partial charge < -0.3 is 14.4 Å². The van der Waals surface area contributed by atoms with Crippen molar-refractivity contribution in [3.63, 3.8) is 0 Å². The number of carbonyl (C=O) groups excluding carboxylic acids is 2. The molecule has 35 heavy (non-hydrogen) atoms. The first-order valence-electron chi connectivity index (χ1n) is 12.8. The van der Waals surface area contributed by atoms with Gasteiger partial charge in [0.15, 0.2) is 10.7 Å². The molecule has 194 valence electrons. The number of ether oxygens (including phenoxy) is 2. The second-order valence-corrected chi connectivity index (χ2v) is 12.8. The number of hydrogen-bond acceptors (Lipinski definition) is 7. The maximum atomic E-state index is 12.8. The Morgan fingerprint density at radius 2 is 1.77 bits per heavy atom. The standard InChI is InChI=1S/C26H40N4O4S/c1-8-33-22(31)21-19(16-28-11-13-29(14-12-28)24(32)34-26(5,6)7)30-18-10-9-17(25(2,3)4)15-20(18)35-23(30)27-21/h17H,8-16H2,1-7H3. The van der Waals surface area contributed by atoms with E-state index in [9.17, 15) is 9.59 Å². The third-order valence-corrected chi connectivity index (χ3v) is 8.11. The van der Waals surface area contributed by atoms with E-state index < -0.39 is 5.60 Å². The van der Waals surface area contributed by atoms with Crippen LogP contribution in [0.2, 0.25) is 0 Å². The zero-order valence-electron chi connectivity index (χ0n) is 22.3. The molecule has 2 aromatic heterocycles. The minimum absolute atomic E-state index is 0.267. The topological polar surface area (TPSA) is 76.4 Å². The average molecular weight is 505 g/mol. The fourth-order valence-corrected chi connectivity index (χ4v) is 6.26. The Morgan fingerprint density at radius 1 is 1.09 bits per heavy atom. The summed E-state index contributed by atoms with van der Waals surface area (Å²) in [6.45, 7) is 18.0. The molecule has 1 saturated heterocycles. The predicted molar refractivity (Wildman–Crippen MR) is 137 cm³/mol. The molecule has 0 saturated carbocycles. The molecule has 8 nitrogen and oxygen atoms in total. The van der Waals surface area contributed by atoms with Crippen molar-refractivity contribution in [1.29, 1.82) is 0 Å². The second-order valence-electron chi connectivity index (χ2n) is 11.8. The molecule has 3 heterocycles. The molecule has 9 heteroatoms. The highest BCUT2D eigenvalue weighted by Crippen LogP contribution is 2.41. The molecule has 0 radical (unpaired) electrons. The Balaban J connectivity index is 1.57. The van der Waals surface area contributed by atoms with Gasteiger partial charge in [-0.25, -0.2) is 14.6 Å². The Bertz CT molecular complexity index is 1080. The first kappa shape index (κ1) is 25.9. The number of carbonyl (C=O) groups is 2. The third kappa shape index (κ3) is 5.66. The summed E-state index contributed by atoms with van der Waals surface area (Å²) in [5.74, 6) is 0.287. The zero-order valence-corrected chi connectivity index (χ0v) is 23.1.